The Bertz CT molecular complexity index is 472. The molecule has 1 amide bonds. The third-order valence-corrected chi connectivity index (χ3v) is 4.03. The number of carbonyl (C=O) groups excluding carboxylic acids is 1. The Morgan fingerprint density at radius 2 is 2.00 bits per heavy atom. The van der Waals surface area contributed by atoms with Gasteiger partial charge in [-0.15, -0.1) is 11.6 Å². The van der Waals surface area contributed by atoms with Crippen molar-refractivity contribution in [2.45, 2.75) is 46.6 Å². The molecule has 0 heterocycles. The highest BCUT2D eigenvalue weighted by atomic mass is 35.5. The van der Waals surface area contributed by atoms with Gasteiger partial charge in [-0.3, -0.25) is 4.79 Å². The lowest BCUT2D eigenvalue weighted by Gasteiger charge is -2.22. The topological polar surface area (TPSA) is 38.3 Å². The van der Waals surface area contributed by atoms with E-state index in [4.69, 9.17) is 16.3 Å². The van der Waals surface area contributed by atoms with E-state index in [1.165, 1.54) is 5.56 Å². The lowest BCUT2D eigenvalue weighted by Crippen LogP contribution is -2.42. The summed E-state index contributed by atoms with van der Waals surface area (Å²) < 4.78 is 5.85. The minimum Gasteiger partial charge on any atom is -0.489 e. The monoisotopic (exact) mass is 311 g/mol. The first-order chi connectivity index (χ1) is 9.76. The maximum absolute atomic E-state index is 11.9. The summed E-state index contributed by atoms with van der Waals surface area (Å²) in [5.41, 5.74) is 0.686. The molecule has 1 N–H and O–H groups in total. The second kappa shape index (κ2) is 7.69. The SMILES string of the molecule is CC(CNC(=O)C(C)(C)CCl)Oc1cccc(C(C)C)c1. The van der Waals surface area contributed by atoms with Gasteiger partial charge < -0.3 is 10.1 Å². The van der Waals surface area contributed by atoms with Crippen LogP contribution >= 0.6 is 11.6 Å². The van der Waals surface area contributed by atoms with Gasteiger partial charge in [-0.1, -0.05) is 26.0 Å². The van der Waals surface area contributed by atoms with E-state index in [-0.39, 0.29) is 12.0 Å². The summed E-state index contributed by atoms with van der Waals surface area (Å²) in [6.07, 6.45) is -0.0949. The summed E-state index contributed by atoms with van der Waals surface area (Å²) in [7, 11) is 0. The van der Waals surface area contributed by atoms with E-state index in [1.807, 2.05) is 39.0 Å². The van der Waals surface area contributed by atoms with Gasteiger partial charge in [-0.2, -0.15) is 0 Å². The molecule has 0 radical (unpaired) electrons. The Morgan fingerprint density at radius 3 is 2.57 bits per heavy atom. The van der Waals surface area contributed by atoms with Crippen LogP contribution < -0.4 is 10.1 Å². The zero-order valence-corrected chi connectivity index (χ0v) is 14.3. The number of rotatable bonds is 7. The molecule has 0 aliphatic heterocycles. The molecule has 0 fully saturated rings. The van der Waals surface area contributed by atoms with E-state index in [1.54, 1.807) is 0 Å². The molecule has 0 spiro atoms. The molecule has 1 aromatic rings. The van der Waals surface area contributed by atoms with E-state index >= 15 is 0 Å². The maximum Gasteiger partial charge on any atom is 0.226 e. The molecule has 1 rings (SSSR count). The zero-order chi connectivity index (χ0) is 16.0. The number of benzene rings is 1. The molecule has 0 saturated carbocycles. The van der Waals surface area contributed by atoms with Crippen LogP contribution in [0.4, 0.5) is 0 Å². The van der Waals surface area contributed by atoms with Crippen LogP contribution in [0, 0.1) is 5.41 Å². The van der Waals surface area contributed by atoms with E-state index in [9.17, 15) is 4.79 Å². The average Bonchev–Trinajstić information content (AvgIpc) is 2.44. The van der Waals surface area contributed by atoms with Crippen molar-refractivity contribution < 1.29 is 9.53 Å². The quantitative estimate of drug-likeness (QED) is 0.774. The van der Waals surface area contributed by atoms with Crippen molar-refractivity contribution >= 4 is 17.5 Å². The number of alkyl halides is 1. The van der Waals surface area contributed by atoms with Crippen molar-refractivity contribution in [3.63, 3.8) is 0 Å². The molecule has 0 saturated heterocycles. The molecule has 0 aliphatic rings. The van der Waals surface area contributed by atoms with Crippen molar-refractivity contribution in [2.24, 2.45) is 5.41 Å². The summed E-state index contributed by atoms with van der Waals surface area (Å²) in [4.78, 5) is 11.9. The number of hydrogen-bond donors (Lipinski definition) is 1. The number of amides is 1. The molecular weight excluding hydrogens is 286 g/mol. The minimum absolute atomic E-state index is 0.0520. The first kappa shape index (κ1) is 17.8. The first-order valence-corrected chi connectivity index (χ1v) is 7.90. The Balaban J connectivity index is 2.53. The van der Waals surface area contributed by atoms with Crippen LogP contribution in [0.5, 0.6) is 5.75 Å². The maximum atomic E-state index is 11.9. The van der Waals surface area contributed by atoms with E-state index in [2.05, 4.69) is 25.2 Å². The Morgan fingerprint density at radius 1 is 1.33 bits per heavy atom. The van der Waals surface area contributed by atoms with E-state index in [0.717, 1.165) is 5.75 Å². The van der Waals surface area contributed by atoms with Gasteiger partial charge in [-0.25, -0.2) is 0 Å². The molecule has 1 atom stereocenters. The lowest BCUT2D eigenvalue weighted by molar-refractivity contribution is -0.128. The van der Waals surface area contributed by atoms with Crippen LogP contribution in [-0.2, 0) is 4.79 Å². The largest absolute Gasteiger partial charge is 0.489 e. The number of halogens is 1. The Kier molecular flexibility index (Phi) is 6.53. The Labute approximate surface area is 133 Å². The van der Waals surface area contributed by atoms with E-state index < -0.39 is 5.41 Å². The standard InChI is InChI=1S/C17H26ClNO2/c1-12(2)14-7-6-8-15(9-14)21-13(3)10-19-16(20)17(4,5)11-18/h6-9,12-13H,10-11H2,1-5H3,(H,19,20). The second-order valence-electron chi connectivity index (χ2n) is 6.38. The minimum atomic E-state index is -0.557. The van der Waals surface area contributed by atoms with Gasteiger partial charge in [0.2, 0.25) is 5.91 Å². The van der Waals surface area contributed by atoms with Gasteiger partial charge in [0.05, 0.1) is 12.0 Å². The van der Waals surface area contributed by atoms with Gasteiger partial charge in [0.25, 0.3) is 0 Å². The summed E-state index contributed by atoms with van der Waals surface area (Å²) in [5.74, 6) is 1.54. The molecule has 0 aliphatic carbocycles. The molecule has 1 aromatic carbocycles. The van der Waals surface area contributed by atoms with Crippen molar-refractivity contribution in [1.29, 1.82) is 0 Å². The summed E-state index contributed by atoms with van der Waals surface area (Å²) >= 11 is 5.79. The number of hydrogen-bond acceptors (Lipinski definition) is 2. The fourth-order valence-corrected chi connectivity index (χ4v) is 1.88. The summed E-state index contributed by atoms with van der Waals surface area (Å²) in [6, 6.07) is 8.07. The molecule has 118 valence electrons. The molecule has 0 bridgehead atoms. The summed E-state index contributed by atoms with van der Waals surface area (Å²) in [5, 5.41) is 2.88. The van der Waals surface area contributed by atoms with Crippen molar-refractivity contribution in [3.05, 3.63) is 29.8 Å². The number of ether oxygens (including phenoxy) is 1. The smallest absolute Gasteiger partial charge is 0.226 e. The average molecular weight is 312 g/mol. The van der Waals surface area contributed by atoms with Crippen LogP contribution in [0.25, 0.3) is 0 Å². The van der Waals surface area contributed by atoms with Crippen molar-refractivity contribution in [3.8, 4) is 5.75 Å². The van der Waals surface area contributed by atoms with Crippen molar-refractivity contribution in [2.75, 3.05) is 12.4 Å². The first-order valence-electron chi connectivity index (χ1n) is 7.37. The van der Waals surface area contributed by atoms with Gasteiger partial charge in [-0.05, 0) is 44.4 Å². The predicted octanol–water partition coefficient (Wildman–Crippen LogP) is 3.96. The lowest BCUT2D eigenvalue weighted by atomic mass is 9.95. The van der Waals surface area contributed by atoms with Gasteiger partial charge in [0, 0.05) is 5.88 Å². The number of carbonyl (C=O) groups is 1. The molecular formula is C17H26ClNO2. The molecule has 4 heteroatoms. The van der Waals surface area contributed by atoms with Crippen LogP contribution in [0.3, 0.4) is 0 Å². The zero-order valence-electron chi connectivity index (χ0n) is 13.6. The highest BCUT2D eigenvalue weighted by Gasteiger charge is 2.26. The fraction of sp³-hybridized carbons (Fsp3) is 0.588. The normalized spacial score (nSPS) is 13.1. The predicted molar refractivity (Wildman–Crippen MR) is 88.1 cm³/mol. The van der Waals surface area contributed by atoms with Crippen molar-refractivity contribution in [1.82, 2.24) is 5.32 Å². The Hall–Kier alpha value is -1.22. The van der Waals surface area contributed by atoms with Crippen LogP contribution in [-0.4, -0.2) is 24.4 Å². The molecule has 3 nitrogen and oxygen atoms in total. The second-order valence-corrected chi connectivity index (χ2v) is 6.65. The summed E-state index contributed by atoms with van der Waals surface area (Å²) in [6.45, 7) is 10.4. The van der Waals surface area contributed by atoms with E-state index in [0.29, 0.717) is 18.3 Å². The third kappa shape index (κ3) is 5.58. The van der Waals surface area contributed by atoms with Gasteiger partial charge in [0.15, 0.2) is 0 Å². The molecule has 0 aromatic heterocycles. The van der Waals surface area contributed by atoms with Gasteiger partial charge >= 0.3 is 0 Å². The van der Waals surface area contributed by atoms with Crippen LogP contribution in [0.1, 0.15) is 46.1 Å². The fourth-order valence-electron chi connectivity index (χ4n) is 1.76. The van der Waals surface area contributed by atoms with Crippen LogP contribution in [0.15, 0.2) is 24.3 Å². The highest BCUT2D eigenvalue weighted by Crippen LogP contribution is 2.21. The molecule has 1 unspecified atom stereocenters. The van der Waals surface area contributed by atoms with Crippen LogP contribution in [0.2, 0.25) is 0 Å². The number of nitrogens with one attached hydrogen (secondary N) is 1. The third-order valence-electron chi connectivity index (χ3n) is 3.36. The van der Waals surface area contributed by atoms with Gasteiger partial charge in [0.1, 0.15) is 11.9 Å². The molecule has 21 heavy (non-hydrogen) atoms. The highest BCUT2D eigenvalue weighted by molar-refractivity contribution is 6.19.